The van der Waals surface area contributed by atoms with Gasteiger partial charge in [-0.15, -0.1) is 0 Å². The Hall–Kier alpha value is -2.40. The fourth-order valence-electron chi connectivity index (χ4n) is 4.27. The molecule has 0 spiro atoms. The number of nitrogens with zero attached hydrogens (tertiary/aromatic N) is 2. The molecule has 0 radical (unpaired) electrons. The van der Waals surface area contributed by atoms with Gasteiger partial charge in [0, 0.05) is 36.9 Å². The van der Waals surface area contributed by atoms with Gasteiger partial charge in [-0.1, -0.05) is 0 Å². The summed E-state index contributed by atoms with van der Waals surface area (Å²) in [6.45, 7) is 1.37. The van der Waals surface area contributed by atoms with Gasteiger partial charge in [0.15, 0.2) is 11.6 Å². The average Bonchev–Trinajstić information content (AvgIpc) is 3.52. The standard InChI is InChI=1S/C20H26FN3O4.2H2O/c1-22-11-4-3-7-23(9-11)17-15(21)8-13-16(19(17)28-2)24(12-5-6-12)10-14(18(13)25)20(26)27;;/h8,10-12,18,22,25H,3-7,9H2,1-2H3,(H,26,27);2*1H2. The third-order valence-electron chi connectivity index (χ3n) is 5.87. The number of aliphatic hydroxyl groups excluding tert-OH is 1. The summed E-state index contributed by atoms with van der Waals surface area (Å²) in [4.78, 5) is 15.4. The number of aliphatic carboxylic acids is 1. The number of carboxylic acids is 1. The molecule has 7 N–H and O–H groups in total. The van der Waals surface area contributed by atoms with Crippen molar-refractivity contribution in [3.05, 3.63) is 29.2 Å². The molecule has 2 aliphatic heterocycles. The van der Waals surface area contributed by atoms with E-state index in [1.165, 1.54) is 19.4 Å². The summed E-state index contributed by atoms with van der Waals surface area (Å²) in [7, 11) is 3.39. The van der Waals surface area contributed by atoms with Crippen molar-refractivity contribution < 1.29 is 35.1 Å². The number of aliphatic hydroxyl groups is 1. The molecule has 3 aliphatic rings. The molecule has 1 saturated heterocycles. The smallest absolute Gasteiger partial charge is 0.336 e. The lowest BCUT2D eigenvalue weighted by Crippen LogP contribution is -2.45. The molecule has 1 aliphatic carbocycles. The van der Waals surface area contributed by atoms with E-state index in [9.17, 15) is 15.0 Å². The summed E-state index contributed by atoms with van der Waals surface area (Å²) >= 11 is 0. The SMILES string of the molecule is CNC1CCCN(c2c(F)cc3c(c2OC)N(C2CC2)C=C(C(=O)O)C3O)C1.O.O. The maximum absolute atomic E-state index is 15.2. The number of carboxylic acid groups (broad SMARTS) is 1. The first-order chi connectivity index (χ1) is 13.5. The Morgan fingerprint density at radius 3 is 2.53 bits per heavy atom. The van der Waals surface area contributed by atoms with Crippen LogP contribution in [0.25, 0.3) is 0 Å². The molecule has 9 nitrogen and oxygen atoms in total. The molecule has 10 heteroatoms. The van der Waals surface area contributed by atoms with Crippen molar-refractivity contribution in [2.24, 2.45) is 0 Å². The molecule has 2 atom stereocenters. The van der Waals surface area contributed by atoms with Crippen molar-refractivity contribution in [1.29, 1.82) is 0 Å². The summed E-state index contributed by atoms with van der Waals surface area (Å²) in [6, 6.07) is 1.67. The number of hydrogen-bond acceptors (Lipinski definition) is 6. The number of fused-ring (bicyclic) bond motifs is 1. The van der Waals surface area contributed by atoms with Gasteiger partial charge in [0.1, 0.15) is 11.8 Å². The molecule has 2 unspecified atom stereocenters. The number of hydrogen-bond donors (Lipinski definition) is 3. The lowest BCUT2D eigenvalue weighted by molar-refractivity contribution is -0.133. The minimum atomic E-state index is -1.40. The third-order valence-corrected chi connectivity index (χ3v) is 5.87. The van der Waals surface area contributed by atoms with E-state index in [-0.39, 0.29) is 34.2 Å². The van der Waals surface area contributed by atoms with Crippen LogP contribution in [-0.2, 0) is 4.79 Å². The lowest BCUT2D eigenvalue weighted by Gasteiger charge is -2.38. The van der Waals surface area contributed by atoms with Gasteiger partial charge in [0.05, 0.1) is 18.4 Å². The first kappa shape index (κ1) is 23.9. The van der Waals surface area contributed by atoms with Gasteiger partial charge in [0.25, 0.3) is 0 Å². The summed E-state index contributed by atoms with van der Waals surface area (Å²) in [6.07, 6.45) is 3.87. The number of piperidine rings is 1. The van der Waals surface area contributed by atoms with E-state index in [0.717, 1.165) is 25.7 Å². The van der Waals surface area contributed by atoms with Crippen LogP contribution in [0.15, 0.2) is 17.8 Å². The zero-order valence-electron chi connectivity index (χ0n) is 17.1. The van der Waals surface area contributed by atoms with Gasteiger partial charge >= 0.3 is 5.97 Å². The van der Waals surface area contributed by atoms with Crippen LogP contribution >= 0.6 is 0 Å². The fourth-order valence-corrected chi connectivity index (χ4v) is 4.27. The van der Waals surface area contributed by atoms with Gasteiger partial charge < -0.3 is 41.0 Å². The minimum Gasteiger partial charge on any atom is -0.492 e. The summed E-state index contributed by atoms with van der Waals surface area (Å²) in [5.41, 5.74) is 1.05. The second-order valence-corrected chi connectivity index (χ2v) is 7.68. The lowest BCUT2D eigenvalue weighted by atomic mass is 9.93. The van der Waals surface area contributed by atoms with E-state index in [4.69, 9.17) is 4.74 Å². The van der Waals surface area contributed by atoms with E-state index in [0.29, 0.717) is 30.2 Å². The van der Waals surface area contributed by atoms with Crippen molar-refractivity contribution in [3.8, 4) is 5.75 Å². The number of rotatable bonds is 5. The van der Waals surface area contributed by atoms with Gasteiger partial charge in [-0.05, 0) is 38.8 Å². The molecule has 2 heterocycles. The highest BCUT2D eigenvalue weighted by Gasteiger charge is 2.41. The van der Waals surface area contributed by atoms with Crippen LogP contribution in [0.5, 0.6) is 5.75 Å². The maximum atomic E-state index is 15.2. The first-order valence-corrected chi connectivity index (χ1v) is 9.70. The van der Waals surface area contributed by atoms with Crippen LogP contribution in [0.3, 0.4) is 0 Å². The Balaban J connectivity index is 0.00000160. The number of carbonyl (C=O) groups is 1. The third kappa shape index (κ3) is 3.95. The van der Waals surface area contributed by atoms with Crippen molar-refractivity contribution >= 4 is 17.3 Å². The van der Waals surface area contributed by atoms with Gasteiger partial charge in [-0.25, -0.2) is 9.18 Å². The quantitative estimate of drug-likeness (QED) is 0.614. The molecule has 0 amide bonds. The van der Waals surface area contributed by atoms with E-state index in [1.807, 2.05) is 16.8 Å². The van der Waals surface area contributed by atoms with E-state index >= 15 is 4.39 Å². The molecule has 1 aromatic rings. The topological polar surface area (TPSA) is 148 Å². The summed E-state index contributed by atoms with van der Waals surface area (Å²) in [5, 5.41) is 23.3. The predicted octanol–water partition coefficient (Wildman–Crippen LogP) is 0.357. The number of ether oxygens (including phenoxy) is 1. The molecule has 168 valence electrons. The minimum absolute atomic E-state index is 0. The van der Waals surface area contributed by atoms with Crippen LogP contribution in [0.1, 0.15) is 37.4 Å². The van der Waals surface area contributed by atoms with Gasteiger partial charge in [-0.2, -0.15) is 0 Å². The average molecular weight is 427 g/mol. The Labute approximate surface area is 174 Å². The Morgan fingerprint density at radius 1 is 1.27 bits per heavy atom. The van der Waals surface area contributed by atoms with Gasteiger partial charge in [-0.3, -0.25) is 0 Å². The van der Waals surface area contributed by atoms with E-state index in [1.54, 1.807) is 0 Å². The van der Waals surface area contributed by atoms with Crippen molar-refractivity contribution in [1.82, 2.24) is 5.32 Å². The molecule has 4 rings (SSSR count). The summed E-state index contributed by atoms with van der Waals surface area (Å²) < 4.78 is 20.9. The van der Waals surface area contributed by atoms with Crippen molar-refractivity contribution in [2.75, 3.05) is 37.0 Å². The van der Waals surface area contributed by atoms with Crippen LogP contribution in [-0.4, -0.2) is 66.5 Å². The molecular formula is C20H30FN3O6. The largest absolute Gasteiger partial charge is 0.492 e. The Kier molecular flexibility index (Phi) is 7.30. The second kappa shape index (κ2) is 9.17. The molecule has 30 heavy (non-hydrogen) atoms. The normalized spacial score (nSPS) is 23.0. The van der Waals surface area contributed by atoms with Crippen LogP contribution in [0.2, 0.25) is 0 Å². The number of halogens is 1. The van der Waals surface area contributed by atoms with E-state index in [2.05, 4.69) is 5.32 Å². The molecule has 1 aromatic carbocycles. The molecule has 1 saturated carbocycles. The zero-order valence-corrected chi connectivity index (χ0v) is 17.1. The predicted molar refractivity (Wildman–Crippen MR) is 111 cm³/mol. The molecule has 2 fully saturated rings. The summed E-state index contributed by atoms with van der Waals surface area (Å²) in [5.74, 6) is -1.35. The van der Waals surface area contributed by atoms with Crippen LogP contribution < -0.4 is 19.9 Å². The number of methoxy groups -OCH3 is 1. The van der Waals surface area contributed by atoms with Crippen molar-refractivity contribution in [3.63, 3.8) is 0 Å². The number of benzene rings is 1. The van der Waals surface area contributed by atoms with Crippen LogP contribution in [0, 0.1) is 5.82 Å². The fraction of sp³-hybridized carbons (Fsp3) is 0.550. The highest BCUT2D eigenvalue weighted by Crippen LogP contribution is 2.51. The van der Waals surface area contributed by atoms with Crippen LogP contribution in [0.4, 0.5) is 15.8 Å². The van der Waals surface area contributed by atoms with E-state index < -0.39 is 17.9 Å². The number of nitrogens with one attached hydrogen (secondary N) is 1. The molecule has 0 bridgehead atoms. The molecule has 0 aromatic heterocycles. The Bertz CT molecular complexity index is 829. The number of anilines is 2. The highest BCUT2D eigenvalue weighted by molar-refractivity contribution is 5.92. The maximum Gasteiger partial charge on any atom is 0.336 e. The first-order valence-electron chi connectivity index (χ1n) is 9.70. The monoisotopic (exact) mass is 427 g/mol. The molecular weight excluding hydrogens is 397 g/mol. The Morgan fingerprint density at radius 2 is 1.97 bits per heavy atom. The highest BCUT2D eigenvalue weighted by atomic mass is 19.1. The number of likely N-dealkylation sites (N-methyl/N-ethyl adjacent to an activating group) is 1. The second-order valence-electron chi connectivity index (χ2n) is 7.68. The zero-order chi connectivity index (χ0) is 20.0. The van der Waals surface area contributed by atoms with Crippen molar-refractivity contribution in [2.45, 2.75) is 43.9 Å². The van der Waals surface area contributed by atoms with Gasteiger partial charge in [0.2, 0.25) is 0 Å².